The van der Waals surface area contributed by atoms with Crippen molar-refractivity contribution < 1.29 is 0 Å². The predicted octanol–water partition coefficient (Wildman–Crippen LogP) is 11.3. The number of fused-ring (bicyclic) bond motifs is 8. The first-order chi connectivity index (χ1) is 30.2. The quantitative estimate of drug-likeness (QED) is 0.121. The molecule has 2 nitrogen and oxygen atoms in total. The molecule has 4 aliphatic carbocycles. The molecule has 0 N–H and O–H groups in total. The first-order valence-corrected chi connectivity index (χ1v) is 24.6. The van der Waals surface area contributed by atoms with Gasteiger partial charge in [0.05, 0.1) is 27.8 Å². The summed E-state index contributed by atoms with van der Waals surface area (Å²) in [6.07, 6.45) is 6.89. The van der Waals surface area contributed by atoms with E-state index in [1.165, 1.54) is 108 Å². The van der Waals surface area contributed by atoms with E-state index in [2.05, 4.69) is 203 Å². The van der Waals surface area contributed by atoms with Crippen molar-refractivity contribution in [2.24, 2.45) is 23.7 Å². The summed E-state index contributed by atoms with van der Waals surface area (Å²) in [7, 11) is -2.79. The van der Waals surface area contributed by atoms with Gasteiger partial charge in [0.25, 0.3) is 0 Å². The van der Waals surface area contributed by atoms with Crippen molar-refractivity contribution in [3.63, 3.8) is 0 Å². The van der Waals surface area contributed by atoms with Crippen molar-refractivity contribution in [2.45, 2.75) is 37.5 Å². The predicted molar refractivity (Wildman–Crippen MR) is 257 cm³/mol. The zero-order valence-electron chi connectivity index (χ0n) is 34.2. The molecule has 0 unspecified atom stereocenters. The number of rotatable bonds is 5. The first kappa shape index (κ1) is 34.3. The average molecular weight is 799 g/mol. The molecular weight excluding hydrogens is 753 g/mol. The minimum Gasteiger partial charge on any atom is -0.309 e. The maximum absolute atomic E-state index is 2.79. The molecule has 15 rings (SSSR count). The maximum atomic E-state index is 2.73. The summed E-state index contributed by atoms with van der Waals surface area (Å²) in [5.74, 6) is 3.09. The van der Waals surface area contributed by atoms with Crippen LogP contribution in [0.3, 0.4) is 0 Å². The third-order valence-electron chi connectivity index (χ3n) is 16.2. The second kappa shape index (κ2) is 12.6. The Kier molecular flexibility index (Phi) is 7.07. The van der Waals surface area contributed by atoms with Gasteiger partial charge < -0.3 is 9.13 Å². The lowest BCUT2D eigenvalue weighted by Crippen LogP contribution is -2.74. The van der Waals surface area contributed by atoms with Crippen LogP contribution in [0, 0.1) is 23.7 Å². The van der Waals surface area contributed by atoms with Crippen LogP contribution in [0.2, 0.25) is 0 Å². The van der Waals surface area contributed by atoms with Gasteiger partial charge in [-0.2, -0.15) is 0 Å². The third kappa shape index (κ3) is 4.42. The molecule has 1 spiro atoms. The number of hydrogen-bond acceptors (Lipinski definition) is 0. The van der Waals surface area contributed by atoms with Gasteiger partial charge in [-0.1, -0.05) is 158 Å². The maximum Gasteiger partial charge on any atom is 0.179 e. The molecule has 2 aromatic heterocycles. The largest absolute Gasteiger partial charge is 0.309 e. The van der Waals surface area contributed by atoms with Gasteiger partial charge in [-0.3, -0.25) is 0 Å². The van der Waals surface area contributed by atoms with Crippen molar-refractivity contribution in [2.75, 3.05) is 0 Å². The van der Waals surface area contributed by atoms with Crippen LogP contribution in [-0.2, 0) is 5.41 Å². The van der Waals surface area contributed by atoms with E-state index in [0.717, 1.165) is 11.8 Å². The fourth-order valence-corrected chi connectivity index (χ4v) is 19.1. The van der Waals surface area contributed by atoms with Crippen LogP contribution in [0.5, 0.6) is 0 Å². The van der Waals surface area contributed by atoms with Gasteiger partial charge >= 0.3 is 0 Å². The highest BCUT2D eigenvalue weighted by Crippen LogP contribution is 2.68. The molecule has 4 saturated carbocycles. The Hall–Kier alpha value is -6.42. The lowest BCUT2D eigenvalue weighted by atomic mass is 9.41. The number of hydrogen-bond donors (Lipinski definition) is 0. The Morgan fingerprint density at radius 2 is 0.902 bits per heavy atom. The molecule has 4 bridgehead atoms. The Morgan fingerprint density at radius 3 is 1.49 bits per heavy atom. The molecule has 3 heterocycles. The van der Waals surface area contributed by atoms with E-state index in [4.69, 9.17) is 0 Å². The van der Waals surface area contributed by atoms with Crippen molar-refractivity contribution in [1.29, 1.82) is 0 Å². The van der Waals surface area contributed by atoms with Crippen LogP contribution in [-0.4, -0.2) is 17.2 Å². The Balaban J connectivity index is 1.10. The fourth-order valence-electron chi connectivity index (χ4n) is 14.3. The molecule has 61 heavy (non-hydrogen) atoms. The summed E-state index contributed by atoms with van der Waals surface area (Å²) >= 11 is 0. The molecule has 0 atom stereocenters. The van der Waals surface area contributed by atoms with Crippen LogP contribution in [0.15, 0.2) is 194 Å². The van der Waals surface area contributed by atoms with Crippen LogP contribution in [0.1, 0.15) is 43.2 Å². The van der Waals surface area contributed by atoms with E-state index in [1.54, 1.807) is 11.1 Å². The minimum absolute atomic E-state index is 0.0112. The molecule has 3 heteroatoms. The summed E-state index contributed by atoms with van der Waals surface area (Å²) in [5, 5.41) is 11.0. The van der Waals surface area contributed by atoms with E-state index in [9.17, 15) is 0 Å². The zero-order valence-corrected chi connectivity index (χ0v) is 35.2. The van der Waals surface area contributed by atoms with Crippen molar-refractivity contribution in [1.82, 2.24) is 9.13 Å². The van der Waals surface area contributed by atoms with Gasteiger partial charge in [-0.25, -0.2) is 0 Å². The molecule has 8 aromatic carbocycles. The van der Waals surface area contributed by atoms with Crippen molar-refractivity contribution in [3.8, 4) is 11.4 Å². The highest BCUT2D eigenvalue weighted by Gasteiger charge is 2.61. The van der Waals surface area contributed by atoms with Gasteiger partial charge in [0.15, 0.2) is 8.07 Å². The van der Waals surface area contributed by atoms with Crippen LogP contribution in [0.4, 0.5) is 0 Å². The molecule has 5 aliphatic rings. The molecule has 1 aliphatic heterocycles. The average Bonchev–Trinajstić information content (AvgIpc) is 3.83. The van der Waals surface area contributed by atoms with Gasteiger partial charge in [0, 0.05) is 32.6 Å². The second-order valence-corrected chi connectivity index (χ2v) is 22.7. The molecule has 0 saturated heterocycles. The first-order valence-electron chi connectivity index (χ1n) is 22.6. The molecular formula is C58H46N2Si. The number of benzene rings is 8. The van der Waals surface area contributed by atoms with E-state index < -0.39 is 8.07 Å². The highest BCUT2D eigenvalue weighted by molar-refractivity contribution is 7.19. The van der Waals surface area contributed by atoms with Gasteiger partial charge in [-0.05, 0) is 124 Å². The van der Waals surface area contributed by atoms with Crippen molar-refractivity contribution in [3.05, 3.63) is 205 Å². The van der Waals surface area contributed by atoms with Crippen LogP contribution >= 0.6 is 0 Å². The molecule has 10 aromatic rings. The molecule has 292 valence electrons. The lowest BCUT2D eigenvalue weighted by Gasteiger charge is -2.63. The van der Waals surface area contributed by atoms with Crippen LogP contribution in [0.25, 0.3) is 55.0 Å². The smallest absolute Gasteiger partial charge is 0.179 e. The molecule has 0 amide bonds. The normalized spacial score (nSPS) is 22.5. The van der Waals surface area contributed by atoms with Crippen LogP contribution < -0.4 is 20.7 Å². The summed E-state index contributed by atoms with van der Waals surface area (Å²) in [6, 6.07) is 74.9. The van der Waals surface area contributed by atoms with Crippen molar-refractivity contribution >= 4 is 72.4 Å². The summed E-state index contributed by atoms with van der Waals surface area (Å²) in [5.41, 5.74) is 11.1. The summed E-state index contributed by atoms with van der Waals surface area (Å²) in [4.78, 5) is 0. The summed E-state index contributed by atoms with van der Waals surface area (Å²) in [6.45, 7) is 0. The van der Waals surface area contributed by atoms with E-state index >= 15 is 0 Å². The highest BCUT2D eigenvalue weighted by atomic mass is 28.3. The second-order valence-electron chi connectivity index (χ2n) is 18.9. The monoisotopic (exact) mass is 798 g/mol. The summed E-state index contributed by atoms with van der Waals surface area (Å²) < 4.78 is 5.21. The minimum atomic E-state index is -2.79. The van der Waals surface area contributed by atoms with E-state index in [-0.39, 0.29) is 5.41 Å². The van der Waals surface area contributed by atoms with Gasteiger partial charge in [0.1, 0.15) is 0 Å². The molecule has 0 radical (unpaired) electrons. The number of para-hydroxylation sites is 3. The van der Waals surface area contributed by atoms with E-state index in [1.807, 2.05) is 0 Å². The van der Waals surface area contributed by atoms with E-state index in [0.29, 0.717) is 11.8 Å². The Labute approximate surface area is 357 Å². The SMILES string of the molecule is c1ccc([Si](c2ccccc2)(c2ccccc2)c2ccc3c(c2)-n2c4ccc(-n5c6ccccc6c6ccccc65)cc4c4cccc(c42)C32C3CC4CC(C3)CC2C4)cc1. The zero-order chi connectivity index (χ0) is 39.9. The third-order valence-corrected chi connectivity index (χ3v) is 21.0. The topological polar surface area (TPSA) is 9.86 Å². The standard InChI is InChI=1S/C58H46N2Si/c1-4-15-43(16-5-1)61(44-17-6-2-7-18-44,45-19-8-3-9-20-45)46-28-29-51-56(37-46)60-55-30-27-42(59-53-25-12-10-21-47(53)48-22-11-13-26-54(48)59)36-50(55)49-23-14-24-52(57(49)60)58(51)40-32-38-31-39(34-40)35-41(58)33-38/h1-30,36-41H,31-35H2. The lowest BCUT2D eigenvalue weighted by molar-refractivity contribution is -0.0418. The van der Waals surface area contributed by atoms with Gasteiger partial charge in [0.2, 0.25) is 0 Å². The number of nitrogens with zero attached hydrogens (tertiary/aromatic N) is 2. The fraction of sp³-hybridized carbons (Fsp3) is 0.172. The number of aromatic nitrogens is 2. The van der Waals surface area contributed by atoms with Gasteiger partial charge in [-0.15, -0.1) is 0 Å². The molecule has 4 fully saturated rings. The Bertz CT molecular complexity index is 3200. The Morgan fingerprint density at radius 1 is 0.377 bits per heavy atom.